The predicted molar refractivity (Wildman–Crippen MR) is 356 cm³/mol. The largest absolute Gasteiger partial charge is 0.466 e. The van der Waals surface area contributed by atoms with Crippen LogP contribution < -0.4 is 5.32 Å². The minimum absolute atomic E-state index is 0.0114. The quantitative estimate of drug-likeness (QED) is 0.0320. The molecule has 0 radical (unpaired) electrons. The van der Waals surface area contributed by atoms with Crippen LogP contribution in [-0.2, 0) is 14.3 Å². The number of allylic oxidation sites excluding steroid dienone is 3. The molecule has 0 aliphatic rings. The van der Waals surface area contributed by atoms with Crippen LogP contribution in [0.1, 0.15) is 418 Å². The Morgan fingerprint density at radius 1 is 0.333 bits per heavy atom. The van der Waals surface area contributed by atoms with Crippen LogP contribution in [0, 0.1) is 0 Å². The highest BCUT2D eigenvalue weighted by molar-refractivity contribution is 5.76. The highest BCUT2D eigenvalue weighted by Crippen LogP contribution is 2.19. The molecule has 0 aliphatic heterocycles. The van der Waals surface area contributed by atoms with E-state index in [0.717, 1.165) is 44.9 Å². The van der Waals surface area contributed by atoms with Crippen LogP contribution in [0.5, 0.6) is 0 Å². The fraction of sp³-hybridized carbons (Fsp3) is 0.920. The van der Waals surface area contributed by atoms with Gasteiger partial charge in [0.15, 0.2) is 0 Å². The maximum Gasteiger partial charge on any atom is 0.305 e. The summed E-state index contributed by atoms with van der Waals surface area (Å²) in [5, 5.41) is 23.3. The summed E-state index contributed by atoms with van der Waals surface area (Å²) in [5.74, 6) is -0.0477. The zero-order chi connectivity index (χ0) is 58.5. The van der Waals surface area contributed by atoms with Crippen molar-refractivity contribution in [2.24, 2.45) is 0 Å². The third kappa shape index (κ3) is 67.3. The molecule has 0 spiro atoms. The topological polar surface area (TPSA) is 95.9 Å². The summed E-state index contributed by atoms with van der Waals surface area (Å²) in [4.78, 5) is 24.6. The smallest absolute Gasteiger partial charge is 0.305 e. The Balaban J connectivity index is 3.35. The van der Waals surface area contributed by atoms with Crippen LogP contribution in [0.15, 0.2) is 24.3 Å². The molecule has 2 atom stereocenters. The Hall–Kier alpha value is -1.66. The molecule has 6 nitrogen and oxygen atoms in total. The summed E-state index contributed by atoms with van der Waals surface area (Å²) in [5.41, 5.74) is 0. The number of amides is 1. The number of hydrogen-bond donors (Lipinski definition) is 3. The van der Waals surface area contributed by atoms with Gasteiger partial charge in [-0.3, -0.25) is 9.59 Å². The van der Waals surface area contributed by atoms with Crippen LogP contribution in [0.2, 0.25) is 0 Å². The number of rotatable bonds is 70. The number of ether oxygens (including phenoxy) is 1. The van der Waals surface area contributed by atoms with Crippen LogP contribution in [0.4, 0.5) is 0 Å². The first-order valence-corrected chi connectivity index (χ1v) is 37.1. The summed E-state index contributed by atoms with van der Waals surface area (Å²) in [6, 6.07) is -0.625. The van der Waals surface area contributed by atoms with E-state index in [4.69, 9.17) is 4.74 Å². The highest BCUT2D eigenvalue weighted by atomic mass is 16.5. The van der Waals surface area contributed by atoms with Crippen molar-refractivity contribution in [3.8, 4) is 0 Å². The van der Waals surface area contributed by atoms with E-state index >= 15 is 0 Å². The van der Waals surface area contributed by atoms with Gasteiger partial charge in [0, 0.05) is 12.8 Å². The molecule has 0 bridgehead atoms. The van der Waals surface area contributed by atoms with E-state index in [1.54, 1.807) is 6.08 Å². The molecule has 0 aliphatic carbocycles. The van der Waals surface area contributed by atoms with Crippen molar-refractivity contribution < 1.29 is 24.5 Å². The van der Waals surface area contributed by atoms with Gasteiger partial charge in [0.25, 0.3) is 0 Å². The predicted octanol–water partition coefficient (Wildman–Crippen LogP) is 24.1. The lowest BCUT2D eigenvalue weighted by Crippen LogP contribution is -2.45. The Kier molecular flexibility index (Phi) is 69.4. The fourth-order valence-corrected chi connectivity index (χ4v) is 11.8. The van der Waals surface area contributed by atoms with Gasteiger partial charge in [0.05, 0.1) is 25.4 Å². The first-order valence-electron chi connectivity index (χ1n) is 37.1. The van der Waals surface area contributed by atoms with Gasteiger partial charge >= 0.3 is 5.97 Å². The number of carbonyl (C=O) groups is 2. The summed E-state index contributed by atoms with van der Waals surface area (Å²) < 4.78 is 5.48. The van der Waals surface area contributed by atoms with Gasteiger partial charge in [0.2, 0.25) is 5.91 Å². The molecule has 480 valence electrons. The van der Waals surface area contributed by atoms with Crippen molar-refractivity contribution >= 4 is 11.9 Å². The second kappa shape index (κ2) is 70.8. The molecule has 2 unspecified atom stereocenters. The van der Waals surface area contributed by atoms with E-state index in [1.165, 1.54) is 347 Å². The second-order valence-electron chi connectivity index (χ2n) is 25.6. The van der Waals surface area contributed by atoms with Crippen molar-refractivity contribution in [1.82, 2.24) is 5.32 Å². The third-order valence-corrected chi connectivity index (χ3v) is 17.5. The number of nitrogens with one attached hydrogen (secondary N) is 1. The summed E-state index contributed by atoms with van der Waals surface area (Å²) in [7, 11) is 0. The lowest BCUT2D eigenvalue weighted by atomic mass is 10.0. The molecule has 6 heteroatoms. The third-order valence-electron chi connectivity index (χ3n) is 17.5. The Morgan fingerprint density at radius 3 is 0.901 bits per heavy atom. The van der Waals surface area contributed by atoms with E-state index in [1.807, 2.05) is 6.08 Å². The van der Waals surface area contributed by atoms with Gasteiger partial charge in [0.1, 0.15) is 0 Å². The van der Waals surface area contributed by atoms with Crippen molar-refractivity contribution in [2.75, 3.05) is 13.2 Å². The van der Waals surface area contributed by atoms with Gasteiger partial charge in [-0.25, -0.2) is 0 Å². The SMILES string of the molecule is CCCCC/C=C\CCCCCCCC(=O)OCCCCCCCCCCCCCCCCCCCCCCCCCCCCCCCCCCC(=O)NC(CO)C(O)/C=C/CCCCCCCCCCCCCCCCCCCC. The zero-order valence-corrected chi connectivity index (χ0v) is 55.0. The summed E-state index contributed by atoms with van der Waals surface area (Å²) in [6.07, 6.45) is 90.0. The molecule has 0 rings (SSSR count). The molecule has 0 aromatic heterocycles. The number of aliphatic hydroxyl groups excluding tert-OH is 2. The standard InChI is InChI=1S/C75H145NO5/c1-3-5-7-9-11-13-15-17-18-19-20-35-38-41-44-47-51-55-59-63-67-73(78)72(71-77)76-74(79)68-64-60-56-52-48-45-42-39-36-33-31-29-27-25-23-21-22-24-26-28-30-32-34-37-40-43-46-50-54-58-62-66-70-81-75(80)69-65-61-57-53-49-16-14-12-10-8-6-4-2/h12,14,63,67,72-73,77-78H,3-11,13,15-62,64-66,68-71H2,1-2H3,(H,76,79)/b14-12-,67-63+. The lowest BCUT2D eigenvalue weighted by Gasteiger charge is -2.20. The van der Waals surface area contributed by atoms with E-state index in [2.05, 4.69) is 31.3 Å². The molecule has 0 heterocycles. The van der Waals surface area contributed by atoms with Crippen LogP contribution in [0.3, 0.4) is 0 Å². The van der Waals surface area contributed by atoms with E-state index in [9.17, 15) is 19.8 Å². The molecule has 3 N–H and O–H groups in total. The van der Waals surface area contributed by atoms with E-state index < -0.39 is 12.1 Å². The van der Waals surface area contributed by atoms with Crippen molar-refractivity contribution in [3.05, 3.63) is 24.3 Å². The maximum atomic E-state index is 12.5. The van der Waals surface area contributed by atoms with Crippen molar-refractivity contribution in [2.45, 2.75) is 431 Å². The Bertz CT molecular complexity index is 1270. The normalized spacial score (nSPS) is 12.6. The van der Waals surface area contributed by atoms with Crippen molar-refractivity contribution in [3.63, 3.8) is 0 Å². The molecule has 0 aromatic rings. The number of carbonyl (C=O) groups excluding carboxylic acids is 2. The maximum absolute atomic E-state index is 12.5. The Morgan fingerprint density at radius 2 is 0.580 bits per heavy atom. The zero-order valence-electron chi connectivity index (χ0n) is 55.0. The van der Waals surface area contributed by atoms with Gasteiger partial charge < -0.3 is 20.3 Å². The minimum Gasteiger partial charge on any atom is -0.466 e. The van der Waals surface area contributed by atoms with E-state index in [0.29, 0.717) is 19.4 Å². The van der Waals surface area contributed by atoms with Gasteiger partial charge in [-0.1, -0.05) is 372 Å². The van der Waals surface area contributed by atoms with Gasteiger partial charge in [-0.2, -0.15) is 0 Å². The molecule has 1 amide bonds. The molecule has 0 aromatic carbocycles. The fourth-order valence-electron chi connectivity index (χ4n) is 11.8. The first kappa shape index (κ1) is 79.3. The first-order chi connectivity index (χ1) is 40.0. The van der Waals surface area contributed by atoms with Gasteiger partial charge in [-0.05, 0) is 57.8 Å². The molecule has 0 saturated carbocycles. The minimum atomic E-state index is -0.842. The number of aliphatic hydroxyl groups is 2. The monoisotopic (exact) mass is 1140 g/mol. The van der Waals surface area contributed by atoms with Crippen molar-refractivity contribution in [1.29, 1.82) is 0 Å². The molecular formula is C75H145NO5. The van der Waals surface area contributed by atoms with Gasteiger partial charge in [-0.15, -0.1) is 0 Å². The van der Waals surface area contributed by atoms with Crippen LogP contribution in [-0.4, -0.2) is 47.4 Å². The van der Waals surface area contributed by atoms with E-state index in [-0.39, 0.29) is 18.5 Å². The summed E-state index contributed by atoms with van der Waals surface area (Å²) >= 11 is 0. The summed E-state index contributed by atoms with van der Waals surface area (Å²) in [6.45, 7) is 4.92. The van der Waals surface area contributed by atoms with Crippen LogP contribution >= 0.6 is 0 Å². The molecule has 0 fully saturated rings. The molecule has 0 saturated heterocycles. The highest BCUT2D eigenvalue weighted by Gasteiger charge is 2.18. The lowest BCUT2D eigenvalue weighted by molar-refractivity contribution is -0.143. The number of hydrogen-bond acceptors (Lipinski definition) is 5. The molecular weight excluding hydrogens is 995 g/mol. The average Bonchev–Trinajstić information content (AvgIpc) is 3.47. The molecule has 81 heavy (non-hydrogen) atoms. The second-order valence-corrected chi connectivity index (χ2v) is 25.6. The Labute approximate surface area is 507 Å². The number of unbranched alkanes of at least 4 members (excludes halogenated alkanes) is 57. The average molecular weight is 1140 g/mol. The van der Waals surface area contributed by atoms with Crippen LogP contribution in [0.25, 0.3) is 0 Å². The number of esters is 1.